The maximum Gasteiger partial charge on any atom is 0.242 e. The summed E-state index contributed by atoms with van der Waals surface area (Å²) in [5.74, 6) is 0.387. The number of hydrogen-bond donors (Lipinski definition) is 2. The number of hydrogen-bond acceptors (Lipinski definition) is 5. The van der Waals surface area contributed by atoms with Crippen molar-refractivity contribution in [3.63, 3.8) is 0 Å². The second-order valence-electron chi connectivity index (χ2n) is 8.17. The molecule has 1 heterocycles. The lowest BCUT2D eigenvalue weighted by atomic mass is 10.1. The van der Waals surface area contributed by atoms with Crippen molar-refractivity contribution in [3.8, 4) is 0 Å². The van der Waals surface area contributed by atoms with Crippen LogP contribution in [-0.4, -0.2) is 48.2 Å². The minimum absolute atomic E-state index is 0.153. The molecular weight excluding hydrogens is 418 g/mol. The van der Waals surface area contributed by atoms with Gasteiger partial charge in [0.2, 0.25) is 21.8 Å². The van der Waals surface area contributed by atoms with Gasteiger partial charge in [0.15, 0.2) is 0 Å². The maximum atomic E-state index is 12.5. The number of rotatable bonds is 10. The SMILES string of the molecule is CCCCn1c(CCC(=O)NNC(=O)CC(C)C)nc2cc(S(=O)(=O)N(C)C)ccc21. The third-order valence-electron chi connectivity index (χ3n) is 4.82. The van der Waals surface area contributed by atoms with Gasteiger partial charge >= 0.3 is 0 Å². The average Bonchev–Trinajstić information content (AvgIpc) is 3.05. The second-order valence-corrected chi connectivity index (χ2v) is 10.3. The molecule has 2 N–H and O–H groups in total. The number of aryl methyl sites for hydroxylation is 2. The van der Waals surface area contributed by atoms with E-state index in [1.807, 2.05) is 18.4 Å². The van der Waals surface area contributed by atoms with E-state index < -0.39 is 10.0 Å². The molecule has 10 heteroatoms. The average molecular weight is 452 g/mol. The molecule has 172 valence electrons. The minimum atomic E-state index is -3.56. The Hall–Kier alpha value is -2.46. The van der Waals surface area contributed by atoms with Crippen molar-refractivity contribution < 1.29 is 18.0 Å². The Bertz CT molecular complexity index is 1030. The fourth-order valence-electron chi connectivity index (χ4n) is 3.14. The van der Waals surface area contributed by atoms with Crippen LogP contribution in [0.4, 0.5) is 0 Å². The first-order valence-corrected chi connectivity index (χ1v) is 12.0. The van der Waals surface area contributed by atoms with E-state index in [0.29, 0.717) is 24.2 Å². The minimum Gasteiger partial charge on any atom is -0.328 e. The van der Waals surface area contributed by atoms with Gasteiger partial charge in [-0.2, -0.15) is 0 Å². The molecule has 9 nitrogen and oxygen atoms in total. The van der Waals surface area contributed by atoms with Crippen LogP contribution in [0.3, 0.4) is 0 Å². The van der Waals surface area contributed by atoms with Crippen LogP contribution in [0.5, 0.6) is 0 Å². The first kappa shape index (κ1) is 24.8. The molecule has 0 fully saturated rings. The molecular formula is C21H33N5O4S. The molecule has 0 saturated carbocycles. The van der Waals surface area contributed by atoms with Gasteiger partial charge < -0.3 is 4.57 Å². The zero-order valence-corrected chi connectivity index (χ0v) is 19.8. The van der Waals surface area contributed by atoms with E-state index in [0.717, 1.165) is 24.9 Å². The molecule has 0 atom stereocenters. The molecule has 1 aromatic heterocycles. The van der Waals surface area contributed by atoms with Crippen LogP contribution in [0.2, 0.25) is 0 Å². The summed E-state index contributed by atoms with van der Waals surface area (Å²) < 4.78 is 28.1. The van der Waals surface area contributed by atoms with E-state index in [2.05, 4.69) is 22.8 Å². The summed E-state index contributed by atoms with van der Waals surface area (Å²) in [6.45, 7) is 6.68. The van der Waals surface area contributed by atoms with E-state index in [4.69, 9.17) is 0 Å². The monoisotopic (exact) mass is 451 g/mol. The Labute approximate surface area is 184 Å². The van der Waals surface area contributed by atoms with Crippen LogP contribution in [0.1, 0.15) is 52.3 Å². The normalized spacial score (nSPS) is 12.0. The molecule has 2 rings (SSSR count). The largest absolute Gasteiger partial charge is 0.328 e. The van der Waals surface area contributed by atoms with Gasteiger partial charge in [-0.3, -0.25) is 20.4 Å². The van der Waals surface area contributed by atoms with Gasteiger partial charge in [-0.25, -0.2) is 17.7 Å². The van der Waals surface area contributed by atoms with Crippen LogP contribution >= 0.6 is 0 Å². The van der Waals surface area contributed by atoms with Gasteiger partial charge in [0, 0.05) is 39.9 Å². The highest BCUT2D eigenvalue weighted by atomic mass is 32.2. The number of fused-ring (bicyclic) bond motifs is 1. The van der Waals surface area contributed by atoms with Gasteiger partial charge in [0.1, 0.15) is 5.82 Å². The Morgan fingerprint density at radius 1 is 1.16 bits per heavy atom. The highest BCUT2D eigenvalue weighted by molar-refractivity contribution is 7.89. The van der Waals surface area contributed by atoms with Gasteiger partial charge in [0.25, 0.3) is 0 Å². The summed E-state index contributed by atoms with van der Waals surface area (Å²) in [5, 5.41) is 0. The van der Waals surface area contributed by atoms with Gasteiger partial charge in [-0.1, -0.05) is 27.2 Å². The van der Waals surface area contributed by atoms with Gasteiger partial charge in [-0.15, -0.1) is 0 Å². The fourth-order valence-corrected chi connectivity index (χ4v) is 4.06. The van der Waals surface area contributed by atoms with Crippen LogP contribution < -0.4 is 10.9 Å². The smallest absolute Gasteiger partial charge is 0.242 e. The number of benzene rings is 1. The highest BCUT2D eigenvalue weighted by Crippen LogP contribution is 2.23. The molecule has 1 aromatic carbocycles. The van der Waals surface area contributed by atoms with E-state index in [1.165, 1.54) is 18.4 Å². The number of amides is 2. The van der Waals surface area contributed by atoms with Crippen molar-refractivity contribution in [3.05, 3.63) is 24.0 Å². The Balaban J connectivity index is 2.19. The van der Waals surface area contributed by atoms with Crippen LogP contribution in [0.25, 0.3) is 11.0 Å². The zero-order valence-electron chi connectivity index (χ0n) is 18.9. The number of carbonyl (C=O) groups is 2. The molecule has 2 amide bonds. The van der Waals surface area contributed by atoms with E-state index in [-0.39, 0.29) is 29.0 Å². The van der Waals surface area contributed by atoms with E-state index in [9.17, 15) is 18.0 Å². The Morgan fingerprint density at radius 3 is 2.45 bits per heavy atom. The summed E-state index contributed by atoms with van der Waals surface area (Å²) in [6.07, 6.45) is 2.80. The number of hydrazine groups is 1. The molecule has 31 heavy (non-hydrogen) atoms. The number of carbonyl (C=O) groups excluding carboxylic acids is 2. The summed E-state index contributed by atoms with van der Waals surface area (Å²) in [4.78, 5) is 28.6. The summed E-state index contributed by atoms with van der Waals surface area (Å²) in [5.41, 5.74) is 6.28. The Morgan fingerprint density at radius 2 is 1.84 bits per heavy atom. The molecule has 0 spiro atoms. The third kappa shape index (κ3) is 6.51. The first-order chi connectivity index (χ1) is 14.6. The Kier molecular flexibility index (Phi) is 8.58. The van der Waals surface area contributed by atoms with E-state index in [1.54, 1.807) is 18.2 Å². The van der Waals surface area contributed by atoms with Gasteiger partial charge in [-0.05, 0) is 30.5 Å². The first-order valence-electron chi connectivity index (χ1n) is 10.6. The van der Waals surface area contributed by atoms with Crippen molar-refractivity contribution in [2.24, 2.45) is 5.92 Å². The van der Waals surface area contributed by atoms with Crippen molar-refractivity contribution in [2.75, 3.05) is 14.1 Å². The molecule has 0 unspecified atom stereocenters. The zero-order chi connectivity index (χ0) is 23.2. The number of nitrogens with zero attached hydrogens (tertiary/aromatic N) is 3. The fraction of sp³-hybridized carbons (Fsp3) is 0.571. The number of nitrogens with one attached hydrogen (secondary N) is 2. The molecule has 0 saturated heterocycles. The highest BCUT2D eigenvalue weighted by Gasteiger charge is 2.20. The summed E-state index contributed by atoms with van der Waals surface area (Å²) in [6, 6.07) is 4.93. The molecule has 0 aliphatic carbocycles. The molecule has 0 aliphatic rings. The molecule has 0 radical (unpaired) electrons. The standard InChI is InChI=1S/C21H33N5O4S/c1-6-7-12-26-18-9-8-16(31(29,30)25(4)5)14-17(18)22-19(26)10-11-20(27)23-24-21(28)13-15(2)3/h8-9,14-15H,6-7,10-13H2,1-5H3,(H,23,27)(H,24,28). The number of imidazole rings is 1. The lowest BCUT2D eigenvalue weighted by Gasteiger charge is -2.12. The van der Waals surface area contributed by atoms with Crippen molar-refractivity contribution >= 4 is 32.9 Å². The third-order valence-corrected chi connectivity index (χ3v) is 6.63. The molecule has 2 aromatic rings. The lowest BCUT2D eigenvalue weighted by Crippen LogP contribution is -2.42. The predicted molar refractivity (Wildman–Crippen MR) is 120 cm³/mol. The van der Waals surface area contributed by atoms with Crippen LogP contribution in [0, 0.1) is 5.92 Å². The molecule has 0 aliphatic heterocycles. The van der Waals surface area contributed by atoms with Crippen LogP contribution in [-0.2, 0) is 32.6 Å². The second kappa shape index (κ2) is 10.7. The summed E-state index contributed by atoms with van der Waals surface area (Å²) >= 11 is 0. The number of aromatic nitrogens is 2. The molecule has 0 bridgehead atoms. The predicted octanol–water partition coefficient (Wildman–Crippen LogP) is 2.21. The van der Waals surface area contributed by atoms with Crippen molar-refractivity contribution in [2.45, 2.75) is 64.3 Å². The number of unbranched alkanes of at least 4 members (excludes halogenated alkanes) is 1. The van der Waals surface area contributed by atoms with Crippen LogP contribution in [0.15, 0.2) is 23.1 Å². The van der Waals surface area contributed by atoms with Crippen molar-refractivity contribution in [1.82, 2.24) is 24.7 Å². The topological polar surface area (TPSA) is 113 Å². The quantitative estimate of drug-likeness (QED) is 0.538. The lowest BCUT2D eigenvalue weighted by molar-refractivity contribution is -0.129. The summed E-state index contributed by atoms with van der Waals surface area (Å²) in [7, 11) is -0.580. The maximum absolute atomic E-state index is 12.5. The van der Waals surface area contributed by atoms with E-state index >= 15 is 0 Å². The number of sulfonamides is 1. The van der Waals surface area contributed by atoms with Gasteiger partial charge in [0.05, 0.1) is 15.9 Å². The van der Waals surface area contributed by atoms with Crippen molar-refractivity contribution in [1.29, 1.82) is 0 Å².